The number of nitrogens with zero attached hydrogens (tertiary/aromatic N) is 2. The maximum Gasteiger partial charge on any atom is 0.435 e. The molecule has 0 saturated heterocycles. The Hall–Kier alpha value is -1.50. The van der Waals surface area contributed by atoms with E-state index in [9.17, 15) is 13.2 Å². The van der Waals surface area contributed by atoms with Crippen LogP contribution in [0, 0.1) is 0 Å². The topological polar surface area (TPSA) is 43.8 Å². The third-order valence-electron chi connectivity index (χ3n) is 2.41. The number of nitrogen functional groups attached to an aromatic ring is 1. The largest absolute Gasteiger partial charge is 0.435 e. The fourth-order valence-corrected chi connectivity index (χ4v) is 2.03. The van der Waals surface area contributed by atoms with E-state index >= 15 is 0 Å². The van der Waals surface area contributed by atoms with Crippen molar-refractivity contribution in [2.45, 2.75) is 12.7 Å². The molecule has 0 fully saturated rings. The maximum absolute atomic E-state index is 12.8. The third kappa shape index (κ3) is 2.50. The van der Waals surface area contributed by atoms with Gasteiger partial charge in [0, 0.05) is 4.47 Å². The first-order chi connectivity index (χ1) is 8.39. The van der Waals surface area contributed by atoms with Crippen LogP contribution >= 0.6 is 15.9 Å². The van der Waals surface area contributed by atoms with Gasteiger partial charge in [0.05, 0.1) is 18.4 Å². The monoisotopic (exact) mass is 319 g/mol. The number of hydrogen-bond acceptors (Lipinski definition) is 2. The molecule has 7 heteroatoms. The van der Waals surface area contributed by atoms with Crippen LogP contribution in [0.4, 0.5) is 18.9 Å². The smallest absolute Gasteiger partial charge is 0.396 e. The average Bonchev–Trinajstić information content (AvgIpc) is 2.62. The van der Waals surface area contributed by atoms with Gasteiger partial charge in [-0.2, -0.15) is 18.3 Å². The van der Waals surface area contributed by atoms with Gasteiger partial charge in [0.25, 0.3) is 0 Å². The van der Waals surface area contributed by atoms with E-state index in [1.165, 1.54) is 0 Å². The number of nitrogens with two attached hydrogens (primary N) is 1. The molecular formula is C11H9BrF3N3. The van der Waals surface area contributed by atoms with Crippen molar-refractivity contribution in [1.29, 1.82) is 0 Å². The number of rotatable bonds is 2. The lowest BCUT2D eigenvalue weighted by Gasteiger charge is -2.12. The van der Waals surface area contributed by atoms with Gasteiger partial charge in [-0.3, -0.25) is 4.68 Å². The van der Waals surface area contributed by atoms with E-state index in [-0.39, 0.29) is 12.2 Å². The van der Waals surface area contributed by atoms with Crippen LogP contribution in [0.15, 0.2) is 34.9 Å². The van der Waals surface area contributed by atoms with Gasteiger partial charge in [-0.1, -0.05) is 34.1 Å². The number of halogens is 4. The van der Waals surface area contributed by atoms with Crippen LogP contribution < -0.4 is 5.73 Å². The normalized spacial score (nSPS) is 11.8. The first-order valence-electron chi connectivity index (χ1n) is 5.01. The highest BCUT2D eigenvalue weighted by molar-refractivity contribution is 9.10. The highest BCUT2D eigenvalue weighted by Crippen LogP contribution is 2.33. The van der Waals surface area contributed by atoms with Crippen molar-refractivity contribution in [3.63, 3.8) is 0 Å². The summed E-state index contributed by atoms with van der Waals surface area (Å²) in [5.41, 5.74) is 4.72. The second-order valence-electron chi connectivity index (χ2n) is 3.70. The summed E-state index contributed by atoms with van der Waals surface area (Å²) in [4.78, 5) is 0. The molecule has 0 unspecified atom stereocenters. The van der Waals surface area contributed by atoms with E-state index in [2.05, 4.69) is 21.0 Å². The Balaban J connectivity index is 2.39. The fourth-order valence-electron chi connectivity index (χ4n) is 1.62. The molecule has 2 aromatic rings. The van der Waals surface area contributed by atoms with Crippen LogP contribution in [0.5, 0.6) is 0 Å². The molecule has 0 aliphatic heterocycles. The van der Waals surface area contributed by atoms with E-state index in [0.29, 0.717) is 5.56 Å². The molecular weight excluding hydrogens is 311 g/mol. The Bertz CT molecular complexity index is 563. The number of benzene rings is 1. The van der Waals surface area contributed by atoms with E-state index in [0.717, 1.165) is 15.4 Å². The van der Waals surface area contributed by atoms with Gasteiger partial charge >= 0.3 is 6.18 Å². The molecule has 2 rings (SSSR count). The van der Waals surface area contributed by atoms with Crippen molar-refractivity contribution in [3.05, 3.63) is 46.2 Å². The lowest BCUT2D eigenvalue weighted by Crippen LogP contribution is -2.17. The number of anilines is 1. The molecule has 0 bridgehead atoms. The molecule has 2 N–H and O–H groups in total. The van der Waals surface area contributed by atoms with Crippen LogP contribution in [0.3, 0.4) is 0 Å². The number of hydrogen-bond donors (Lipinski definition) is 1. The van der Waals surface area contributed by atoms with Crippen LogP contribution in [0.25, 0.3) is 0 Å². The number of alkyl halides is 3. The van der Waals surface area contributed by atoms with Crippen molar-refractivity contribution in [3.8, 4) is 0 Å². The minimum atomic E-state index is -4.51. The second kappa shape index (κ2) is 4.64. The molecule has 0 spiro atoms. The van der Waals surface area contributed by atoms with Crippen LogP contribution in [0.1, 0.15) is 11.3 Å². The summed E-state index contributed by atoms with van der Waals surface area (Å²) in [6.07, 6.45) is -3.50. The maximum atomic E-state index is 12.8. The summed E-state index contributed by atoms with van der Waals surface area (Å²) in [5.74, 6) is 0. The highest BCUT2D eigenvalue weighted by atomic mass is 79.9. The van der Waals surface area contributed by atoms with Crippen LogP contribution in [-0.2, 0) is 12.7 Å². The lowest BCUT2D eigenvalue weighted by molar-refractivity contribution is -0.143. The molecule has 1 heterocycles. The van der Waals surface area contributed by atoms with Crippen molar-refractivity contribution in [2.75, 3.05) is 5.73 Å². The van der Waals surface area contributed by atoms with Crippen molar-refractivity contribution in [1.82, 2.24) is 9.78 Å². The predicted molar refractivity (Wildman–Crippen MR) is 64.9 cm³/mol. The molecule has 0 aliphatic carbocycles. The Kier molecular flexibility index (Phi) is 3.34. The SMILES string of the molecule is Nc1cnn(Cc2ccccc2Br)c1C(F)(F)F. The Morgan fingerprint density at radius 2 is 1.94 bits per heavy atom. The number of aromatic nitrogens is 2. The van der Waals surface area contributed by atoms with E-state index in [1.54, 1.807) is 24.3 Å². The van der Waals surface area contributed by atoms with E-state index in [1.807, 2.05) is 0 Å². The summed E-state index contributed by atoms with van der Waals surface area (Å²) in [6, 6.07) is 7.02. The average molecular weight is 320 g/mol. The zero-order chi connectivity index (χ0) is 13.3. The Morgan fingerprint density at radius 1 is 1.28 bits per heavy atom. The van der Waals surface area contributed by atoms with Crippen molar-refractivity contribution >= 4 is 21.6 Å². The molecule has 3 nitrogen and oxygen atoms in total. The first kappa shape index (κ1) is 12.9. The van der Waals surface area contributed by atoms with Crippen LogP contribution in [0.2, 0.25) is 0 Å². The molecule has 96 valence electrons. The molecule has 0 aliphatic rings. The quantitative estimate of drug-likeness (QED) is 0.923. The van der Waals surface area contributed by atoms with Gasteiger partial charge in [-0.25, -0.2) is 0 Å². The zero-order valence-corrected chi connectivity index (χ0v) is 10.7. The van der Waals surface area contributed by atoms with Gasteiger partial charge in [0.2, 0.25) is 0 Å². The summed E-state index contributed by atoms with van der Waals surface area (Å²) in [5, 5.41) is 3.67. The second-order valence-corrected chi connectivity index (χ2v) is 4.55. The highest BCUT2D eigenvalue weighted by Gasteiger charge is 2.37. The zero-order valence-electron chi connectivity index (χ0n) is 9.08. The Morgan fingerprint density at radius 3 is 2.56 bits per heavy atom. The standard InChI is InChI=1S/C11H9BrF3N3/c12-8-4-2-1-3-7(8)6-18-10(11(13,14)15)9(16)5-17-18/h1-5H,6,16H2. The lowest BCUT2D eigenvalue weighted by atomic mass is 10.2. The molecule has 1 aromatic heterocycles. The minimum Gasteiger partial charge on any atom is -0.396 e. The summed E-state index contributed by atoms with van der Waals surface area (Å²) in [6.45, 7) is 0.00741. The van der Waals surface area contributed by atoms with Crippen LogP contribution in [-0.4, -0.2) is 9.78 Å². The molecule has 0 saturated carbocycles. The summed E-state index contributed by atoms with van der Waals surface area (Å²) in [7, 11) is 0. The molecule has 1 aromatic carbocycles. The first-order valence-corrected chi connectivity index (χ1v) is 5.81. The van der Waals surface area contributed by atoms with Gasteiger partial charge in [-0.15, -0.1) is 0 Å². The van der Waals surface area contributed by atoms with Gasteiger partial charge in [0.1, 0.15) is 0 Å². The van der Waals surface area contributed by atoms with Gasteiger partial charge in [-0.05, 0) is 11.6 Å². The van der Waals surface area contributed by atoms with E-state index < -0.39 is 11.9 Å². The van der Waals surface area contributed by atoms with Crippen molar-refractivity contribution in [2.24, 2.45) is 0 Å². The molecule has 0 atom stereocenters. The van der Waals surface area contributed by atoms with E-state index in [4.69, 9.17) is 5.73 Å². The predicted octanol–water partition coefficient (Wildman–Crippen LogP) is 3.29. The molecule has 18 heavy (non-hydrogen) atoms. The summed E-state index contributed by atoms with van der Waals surface area (Å²) >= 11 is 3.28. The summed E-state index contributed by atoms with van der Waals surface area (Å²) < 4.78 is 40.0. The molecule has 0 amide bonds. The van der Waals surface area contributed by atoms with Crippen molar-refractivity contribution < 1.29 is 13.2 Å². The third-order valence-corrected chi connectivity index (χ3v) is 3.19. The fraction of sp³-hybridized carbons (Fsp3) is 0.182. The minimum absolute atomic E-state index is 0.00741. The molecule has 0 radical (unpaired) electrons. The van der Waals surface area contributed by atoms with Gasteiger partial charge in [0.15, 0.2) is 5.69 Å². The Labute approximate surface area is 110 Å². The van der Waals surface area contributed by atoms with Gasteiger partial charge < -0.3 is 5.73 Å².